The van der Waals surface area contributed by atoms with Gasteiger partial charge in [0.1, 0.15) is 0 Å². The van der Waals surface area contributed by atoms with E-state index < -0.39 is 6.04 Å². The molecule has 3 aromatic rings. The molecule has 128 valence electrons. The zero-order valence-electron chi connectivity index (χ0n) is 14.2. The Hall–Kier alpha value is -3.40. The van der Waals surface area contributed by atoms with E-state index in [9.17, 15) is 4.79 Å². The highest BCUT2D eigenvalue weighted by atomic mass is 16.2. The number of benzene rings is 3. The van der Waals surface area contributed by atoms with Gasteiger partial charge >= 0.3 is 0 Å². The summed E-state index contributed by atoms with van der Waals surface area (Å²) in [5.41, 5.74) is 2.88. The van der Waals surface area contributed by atoms with Gasteiger partial charge in [0.05, 0.1) is 6.54 Å². The van der Waals surface area contributed by atoms with E-state index in [4.69, 9.17) is 4.99 Å². The van der Waals surface area contributed by atoms with Gasteiger partial charge in [-0.2, -0.15) is 0 Å². The lowest BCUT2D eigenvalue weighted by molar-refractivity contribution is -0.127. The van der Waals surface area contributed by atoms with Crippen molar-refractivity contribution in [3.8, 4) is 0 Å². The van der Waals surface area contributed by atoms with Crippen LogP contribution >= 0.6 is 0 Å². The smallest absolute Gasteiger partial charge is 0.259 e. The topological polar surface area (TPSA) is 44.7 Å². The van der Waals surface area contributed by atoms with Crippen LogP contribution in [0.25, 0.3) is 0 Å². The standard InChI is InChI=1S/C22H19N3O/c26-21-20(18-12-6-2-7-13-18)24-22(23-19-14-8-3-9-15-19)25(21)16-17-10-4-1-5-11-17/h1-15,20H,16H2,(H,23,24). The van der Waals surface area contributed by atoms with E-state index in [1.165, 1.54) is 0 Å². The lowest BCUT2D eigenvalue weighted by atomic mass is 10.1. The molecule has 0 bridgehead atoms. The van der Waals surface area contributed by atoms with Gasteiger partial charge in [-0.05, 0) is 23.3 Å². The summed E-state index contributed by atoms with van der Waals surface area (Å²) in [6, 6.07) is 28.9. The summed E-state index contributed by atoms with van der Waals surface area (Å²) in [5, 5.41) is 3.30. The number of aliphatic imine (C=N–C) groups is 1. The molecule has 0 radical (unpaired) electrons. The van der Waals surface area contributed by atoms with E-state index in [-0.39, 0.29) is 5.91 Å². The first kappa shape index (κ1) is 16.1. The third kappa shape index (κ3) is 3.35. The van der Waals surface area contributed by atoms with Crippen LogP contribution in [-0.2, 0) is 11.3 Å². The molecule has 0 aromatic heterocycles. The van der Waals surface area contributed by atoms with Gasteiger partial charge in [-0.25, -0.2) is 4.99 Å². The van der Waals surface area contributed by atoms with Crippen molar-refractivity contribution in [2.75, 3.05) is 5.32 Å². The number of rotatable bonds is 4. The second kappa shape index (κ2) is 7.23. The molecular weight excluding hydrogens is 322 g/mol. The zero-order valence-corrected chi connectivity index (χ0v) is 14.2. The summed E-state index contributed by atoms with van der Waals surface area (Å²) < 4.78 is 0. The molecule has 1 aliphatic heterocycles. The Labute approximate surface area is 152 Å². The number of para-hydroxylation sites is 1. The van der Waals surface area contributed by atoms with Crippen molar-refractivity contribution in [2.24, 2.45) is 4.99 Å². The average molecular weight is 341 g/mol. The second-order valence-electron chi connectivity index (χ2n) is 6.17. The fourth-order valence-electron chi connectivity index (χ4n) is 3.02. The number of carbonyl (C=O) groups excluding carboxylic acids is 1. The van der Waals surface area contributed by atoms with Crippen molar-refractivity contribution in [3.63, 3.8) is 0 Å². The summed E-state index contributed by atoms with van der Waals surface area (Å²) in [6.45, 7) is 0.488. The normalized spacial score (nSPS) is 16.5. The molecular formula is C22H19N3O. The van der Waals surface area contributed by atoms with Crippen molar-refractivity contribution in [1.82, 2.24) is 4.90 Å². The zero-order chi connectivity index (χ0) is 17.8. The lowest BCUT2D eigenvalue weighted by Gasteiger charge is -2.20. The molecule has 4 rings (SSSR count). The molecule has 26 heavy (non-hydrogen) atoms. The summed E-state index contributed by atoms with van der Waals surface area (Å²) in [6.07, 6.45) is 0. The number of hydrogen-bond donors (Lipinski definition) is 1. The molecule has 0 spiro atoms. The highest BCUT2D eigenvalue weighted by Crippen LogP contribution is 2.28. The molecule has 4 nitrogen and oxygen atoms in total. The number of carbonyl (C=O) groups is 1. The van der Waals surface area contributed by atoms with Crippen LogP contribution in [0.2, 0.25) is 0 Å². The van der Waals surface area contributed by atoms with Crippen LogP contribution in [0.3, 0.4) is 0 Å². The Kier molecular flexibility index (Phi) is 4.48. The number of guanidine groups is 1. The van der Waals surface area contributed by atoms with Gasteiger partial charge in [0.15, 0.2) is 6.04 Å². The Morgan fingerprint density at radius 1 is 0.808 bits per heavy atom. The van der Waals surface area contributed by atoms with Crippen molar-refractivity contribution in [3.05, 3.63) is 102 Å². The maximum Gasteiger partial charge on any atom is 0.259 e. The first-order valence-electron chi connectivity index (χ1n) is 8.61. The molecule has 1 unspecified atom stereocenters. The number of nitrogens with zero attached hydrogens (tertiary/aromatic N) is 2. The first-order valence-corrected chi connectivity index (χ1v) is 8.61. The van der Waals surface area contributed by atoms with Crippen molar-refractivity contribution in [1.29, 1.82) is 0 Å². The van der Waals surface area contributed by atoms with E-state index in [0.29, 0.717) is 12.5 Å². The van der Waals surface area contributed by atoms with Gasteiger partial charge < -0.3 is 5.32 Å². The van der Waals surface area contributed by atoms with Gasteiger partial charge in [-0.15, -0.1) is 0 Å². The van der Waals surface area contributed by atoms with Crippen LogP contribution in [0.4, 0.5) is 5.69 Å². The molecule has 1 N–H and O–H groups in total. The molecule has 4 heteroatoms. The van der Waals surface area contributed by atoms with E-state index in [1.807, 2.05) is 91.0 Å². The Bertz CT molecular complexity index is 908. The van der Waals surface area contributed by atoms with Crippen LogP contribution in [0.15, 0.2) is 96.0 Å². The largest absolute Gasteiger partial charge is 0.326 e. The van der Waals surface area contributed by atoms with E-state index in [2.05, 4.69) is 5.32 Å². The summed E-state index contributed by atoms with van der Waals surface area (Å²) in [7, 11) is 0. The Morgan fingerprint density at radius 2 is 1.38 bits per heavy atom. The highest BCUT2D eigenvalue weighted by molar-refractivity contribution is 6.10. The number of anilines is 1. The molecule has 1 aliphatic rings. The van der Waals surface area contributed by atoms with Crippen molar-refractivity contribution in [2.45, 2.75) is 12.6 Å². The third-order valence-electron chi connectivity index (χ3n) is 4.34. The second-order valence-corrected chi connectivity index (χ2v) is 6.17. The van der Waals surface area contributed by atoms with Crippen molar-refractivity contribution >= 4 is 17.6 Å². The van der Waals surface area contributed by atoms with Crippen LogP contribution in [0.1, 0.15) is 17.2 Å². The van der Waals surface area contributed by atoms with Gasteiger partial charge in [0.25, 0.3) is 5.91 Å². The summed E-state index contributed by atoms with van der Waals surface area (Å²) >= 11 is 0. The molecule has 1 atom stereocenters. The van der Waals surface area contributed by atoms with Crippen LogP contribution in [-0.4, -0.2) is 16.8 Å². The number of amides is 1. The fourth-order valence-corrected chi connectivity index (χ4v) is 3.02. The van der Waals surface area contributed by atoms with Gasteiger partial charge in [-0.3, -0.25) is 9.69 Å². The molecule has 3 aromatic carbocycles. The molecule has 0 saturated carbocycles. The predicted octanol–water partition coefficient (Wildman–Crippen LogP) is 4.24. The number of nitrogens with one attached hydrogen (secondary N) is 1. The molecule has 1 heterocycles. The predicted molar refractivity (Wildman–Crippen MR) is 104 cm³/mol. The SMILES string of the molecule is O=C1C(c2ccccc2)N=C(Nc2ccccc2)N1Cc1ccccc1. The van der Waals surface area contributed by atoms with E-state index in [0.717, 1.165) is 16.8 Å². The monoisotopic (exact) mass is 341 g/mol. The molecule has 0 saturated heterocycles. The van der Waals surface area contributed by atoms with Gasteiger partial charge in [0, 0.05) is 5.69 Å². The minimum absolute atomic E-state index is 0.0153. The van der Waals surface area contributed by atoms with Crippen molar-refractivity contribution < 1.29 is 4.79 Å². The van der Waals surface area contributed by atoms with Crippen LogP contribution < -0.4 is 5.32 Å². The Morgan fingerprint density at radius 3 is 2.04 bits per heavy atom. The first-order chi connectivity index (χ1) is 12.8. The quantitative estimate of drug-likeness (QED) is 0.771. The molecule has 1 amide bonds. The van der Waals surface area contributed by atoms with Crippen LogP contribution in [0.5, 0.6) is 0 Å². The summed E-state index contributed by atoms with van der Waals surface area (Å²) in [4.78, 5) is 19.5. The van der Waals surface area contributed by atoms with Gasteiger partial charge in [-0.1, -0.05) is 78.9 Å². The Balaban J connectivity index is 1.66. The number of hydrogen-bond acceptors (Lipinski definition) is 3. The fraction of sp³-hybridized carbons (Fsp3) is 0.0909. The highest BCUT2D eigenvalue weighted by Gasteiger charge is 2.35. The third-order valence-corrected chi connectivity index (χ3v) is 4.34. The van der Waals surface area contributed by atoms with Crippen LogP contribution in [0, 0.1) is 0 Å². The average Bonchev–Trinajstić information content (AvgIpc) is 3.00. The lowest BCUT2D eigenvalue weighted by Crippen LogP contribution is -2.36. The minimum atomic E-state index is -0.508. The maximum atomic E-state index is 13.1. The van der Waals surface area contributed by atoms with E-state index in [1.54, 1.807) is 4.90 Å². The van der Waals surface area contributed by atoms with E-state index >= 15 is 0 Å². The minimum Gasteiger partial charge on any atom is -0.326 e. The molecule has 0 fully saturated rings. The molecule has 0 aliphatic carbocycles. The summed E-state index contributed by atoms with van der Waals surface area (Å²) in [5.74, 6) is 0.567. The van der Waals surface area contributed by atoms with Gasteiger partial charge in [0.2, 0.25) is 5.96 Å². The maximum absolute atomic E-state index is 13.1.